The molecule has 182 valence electrons. The molecule has 0 saturated heterocycles. The molecule has 6 rings (SSSR count). The van der Waals surface area contributed by atoms with E-state index < -0.39 is 7.94 Å². The van der Waals surface area contributed by atoms with E-state index in [9.17, 15) is 9.79 Å². The Morgan fingerprint density at radius 3 is 1.62 bits per heavy atom. The highest BCUT2D eigenvalue weighted by Gasteiger charge is 2.49. The van der Waals surface area contributed by atoms with E-state index in [1.165, 1.54) is 16.7 Å². The minimum atomic E-state index is -3.80. The molecule has 5 aromatic carbocycles. The Morgan fingerprint density at radius 2 is 1.03 bits per heavy atom. The standard InChI is InChI=1S/C33H28O3P/c34-37(35)32-23-27(18-24-10-4-1-5-11-24)16-17-30(32)31-22-28(19-25-12-6-2-7-13-25)21-29(33(31)36-37)20-26-14-8-3-9-15-26/h1-17,21-23,34-35H,18-20H2/q+1. The lowest BCUT2D eigenvalue weighted by molar-refractivity contribution is 0.352. The minimum absolute atomic E-state index is 0.482. The lowest BCUT2D eigenvalue weighted by atomic mass is 9.91. The largest absolute Gasteiger partial charge is 0.488 e. The molecule has 0 fully saturated rings. The Kier molecular flexibility index (Phi) is 6.36. The van der Waals surface area contributed by atoms with Crippen LogP contribution in [0.3, 0.4) is 0 Å². The van der Waals surface area contributed by atoms with Crippen molar-refractivity contribution in [3.05, 3.63) is 155 Å². The van der Waals surface area contributed by atoms with Crippen molar-refractivity contribution in [2.75, 3.05) is 0 Å². The minimum Gasteiger partial charge on any atom is -0.280 e. The predicted molar refractivity (Wildman–Crippen MR) is 151 cm³/mol. The quantitative estimate of drug-likeness (QED) is 0.248. The van der Waals surface area contributed by atoms with Gasteiger partial charge in [-0.05, 0) is 58.9 Å². The van der Waals surface area contributed by atoms with Gasteiger partial charge in [-0.1, -0.05) is 103 Å². The van der Waals surface area contributed by atoms with E-state index in [0.29, 0.717) is 23.9 Å². The molecule has 1 aliphatic heterocycles. The Morgan fingerprint density at radius 1 is 0.486 bits per heavy atom. The van der Waals surface area contributed by atoms with Crippen LogP contribution in [-0.4, -0.2) is 9.79 Å². The van der Waals surface area contributed by atoms with Crippen LogP contribution in [0.25, 0.3) is 11.1 Å². The first-order valence-electron chi connectivity index (χ1n) is 12.5. The predicted octanol–water partition coefficient (Wildman–Crippen LogP) is 6.89. The normalized spacial score (nSPS) is 13.4. The third-order valence-corrected chi connectivity index (χ3v) is 8.28. The summed E-state index contributed by atoms with van der Waals surface area (Å²) in [6.07, 6.45) is 2.15. The van der Waals surface area contributed by atoms with E-state index in [1.54, 1.807) is 0 Å². The molecule has 0 radical (unpaired) electrons. The topological polar surface area (TPSA) is 49.7 Å². The molecular formula is C33H28O3P+. The molecule has 2 N–H and O–H groups in total. The summed E-state index contributed by atoms with van der Waals surface area (Å²) in [5, 5.41) is 0.482. The van der Waals surface area contributed by atoms with Crippen LogP contribution in [0.15, 0.2) is 121 Å². The maximum atomic E-state index is 11.2. The van der Waals surface area contributed by atoms with E-state index >= 15 is 0 Å². The molecule has 0 unspecified atom stereocenters. The summed E-state index contributed by atoms with van der Waals surface area (Å²) in [7, 11) is -3.80. The molecule has 4 heteroatoms. The molecule has 37 heavy (non-hydrogen) atoms. The molecule has 5 aromatic rings. The van der Waals surface area contributed by atoms with Crippen LogP contribution in [0.2, 0.25) is 0 Å². The molecule has 0 atom stereocenters. The molecule has 0 aromatic heterocycles. The van der Waals surface area contributed by atoms with E-state index in [2.05, 4.69) is 66.7 Å². The zero-order chi connectivity index (χ0) is 25.2. The highest BCUT2D eigenvalue weighted by molar-refractivity contribution is 7.68. The molecule has 0 amide bonds. The average molecular weight is 504 g/mol. The van der Waals surface area contributed by atoms with Gasteiger partial charge in [0, 0.05) is 23.1 Å². The first-order chi connectivity index (χ1) is 18.0. The van der Waals surface area contributed by atoms with Crippen LogP contribution in [0.1, 0.15) is 33.4 Å². The smallest absolute Gasteiger partial charge is 0.280 e. The van der Waals surface area contributed by atoms with Gasteiger partial charge in [0.15, 0.2) is 11.1 Å². The summed E-state index contributed by atoms with van der Waals surface area (Å²) < 4.78 is 6.08. The summed E-state index contributed by atoms with van der Waals surface area (Å²) >= 11 is 0. The maximum absolute atomic E-state index is 11.2. The van der Waals surface area contributed by atoms with Gasteiger partial charge in [-0.3, -0.25) is 4.52 Å². The number of rotatable bonds is 6. The first kappa shape index (κ1) is 23.6. The number of benzene rings is 5. The van der Waals surface area contributed by atoms with Crippen LogP contribution in [0.5, 0.6) is 5.75 Å². The SMILES string of the molecule is O[P+]1(O)Oc2c(Cc3ccccc3)cc(Cc3ccccc3)cc2-c2ccc(Cc3ccccc3)cc21. The molecule has 0 spiro atoms. The van der Waals surface area contributed by atoms with Crippen LogP contribution < -0.4 is 9.83 Å². The number of hydrogen-bond acceptors (Lipinski definition) is 3. The van der Waals surface area contributed by atoms with Crippen molar-refractivity contribution in [3.8, 4) is 16.9 Å². The number of hydrogen-bond donors (Lipinski definition) is 2. The van der Waals surface area contributed by atoms with Gasteiger partial charge in [-0.15, -0.1) is 0 Å². The fourth-order valence-electron chi connectivity index (χ4n) is 5.11. The van der Waals surface area contributed by atoms with E-state index in [-0.39, 0.29) is 0 Å². The van der Waals surface area contributed by atoms with Gasteiger partial charge in [0.1, 0.15) is 0 Å². The fraction of sp³-hybridized carbons (Fsp3) is 0.0909. The van der Waals surface area contributed by atoms with Crippen molar-refractivity contribution >= 4 is 13.2 Å². The highest BCUT2D eigenvalue weighted by atomic mass is 31.2. The number of fused-ring (bicyclic) bond motifs is 3. The lowest BCUT2D eigenvalue weighted by Gasteiger charge is -2.25. The second kappa shape index (κ2) is 9.95. The molecular weight excluding hydrogens is 475 g/mol. The van der Waals surface area contributed by atoms with Crippen molar-refractivity contribution in [1.29, 1.82) is 0 Å². The van der Waals surface area contributed by atoms with E-state index in [0.717, 1.165) is 34.2 Å². The molecule has 1 aliphatic rings. The van der Waals surface area contributed by atoms with Gasteiger partial charge in [0.05, 0.1) is 0 Å². The third-order valence-electron chi connectivity index (χ3n) is 6.85. The van der Waals surface area contributed by atoms with Crippen molar-refractivity contribution in [2.24, 2.45) is 0 Å². The first-order valence-corrected chi connectivity index (χ1v) is 14.1. The molecule has 0 bridgehead atoms. The molecule has 0 aliphatic carbocycles. The van der Waals surface area contributed by atoms with Gasteiger partial charge in [-0.2, -0.15) is 9.79 Å². The van der Waals surface area contributed by atoms with Gasteiger partial charge < -0.3 is 0 Å². The zero-order valence-electron chi connectivity index (χ0n) is 20.4. The molecule has 3 nitrogen and oxygen atoms in total. The summed E-state index contributed by atoms with van der Waals surface area (Å²) in [4.78, 5) is 22.4. The molecule has 1 heterocycles. The van der Waals surface area contributed by atoms with Gasteiger partial charge in [0.2, 0.25) is 0 Å². The van der Waals surface area contributed by atoms with Crippen LogP contribution in [0, 0.1) is 0 Å². The summed E-state index contributed by atoms with van der Waals surface area (Å²) in [5.41, 5.74) is 8.45. The molecule has 0 saturated carbocycles. The Bertz CT molecular complexity index is 1530. The fourth-order valence-corrected chi connectivity index (χ4v) is 6.52. The maximum Gasteiger partial charge on any atom is 0.488 e. The van der Waals surface area contributed by atoms with E-state index in [1.807, 2.05) is 54.6 Å². The van der Waals surface area contributed by atoms with Gasteiger partial charge in [0.25, 0.3) is 0 Å². The van der Waals surface area contributed by atoms with Crippen molar-refractivity contribution in [3.63, 3.8) is 0 Å². The summed E-state index contributed by atoms with van der Waals surface area (Å²) in [5.74, 6) is 0.572. The Hall–Kier alpha value is -3.75. The highest BCUT2D eigenvalue weighted by Crippen LogP contribution is 2.59. The summed E-state index contributed by atoms with van der Waals surface area (Å²) in [6.45, 7) is 0. The van der Waals surface area contributed by atoms with Crippen molar-refractivity contribution in [1.82, 2.24) is 0 Å². The van der Waals surface area contributed by atoms with Crippen LogP contribution in [0.4, 0.5) is 0 Å². The Labute approximate surface area is 218 Å². The summed E-state index contributed by atoms with van der Waals surface area (Å²) in [6, 6.07) is 41.1. The van der Waals surface area contributed by atoms with Crippen molar-refractivity contribution in [2.45, 2.75) is 19.3 Å². The van der Waals surface area contributed by atoms with Gasteiger partial charge >= 0.3 is 7.94 Å². The third kappa shape index (κ3) is 5.08. The average Bonchev–Trinajstić information content (AvgIpc) is 2.91. The zero-order valence-corrected chi connectivity index (χ0v) is 21.3. The van der Waals surface area contributed by atoms with Crippen molar-refractivity contribution < 1.29 is 14.3 Å². The second-order valence-electron chi connectivity index (χ2n) is 9.61. The second-order valence-corrected chi connectivity index (χ2v) is 11.4. The van der Waals surface area contributed by atoms with Crippen LogP contribution in [-0.2, 0) is 19.3 Å². The van der Waals surface area contributed by atoms with E-state index in [4.69, 9.17) is 4.52 Å². The van der Waals surface area contributed by atoms with Gasteiger partial charge in [-0.25, -0.2) is 0 Å². The van der Waals surface area contributed by atoms with Crippen LogP contribution >= 0.6 is 7.94 Å². The Balaban J connectivity index is 1.46. The lowest BCUT2D eigenvalue weighted by Crippen LogP contribution is -2.23. The monoisotopic (exact) mass is 503 g/mol.